The molecule has 0 saturated heterocycles. The Balaban J connectivity index is 0.000000487. The first-order valence-electron chi connectivity index (χ1n) is 36.8. The van der Waals surface area contributed by atoms with Gasteiger partial charge in [0.05, 0.1) is 100 Å². The number of alkyl halides is 1. The van der Waals surface area contributed by atoms with Gasteiger partial charge in [0.25, 0.3) is 33.3 Å². The van der Waals surface area contributed by atoms with Crippen LogP contribution < -0.4 is 70.8 Å². The van der Waals surface area contributed by atoms with Gasteiger partial charge in [0.15, 0.2) is 34.5 Å². The standard InChI is InChI=1S/C28H44N2O5Si.C16H27BrO3Si.C16H28O4Si.C15H25BrO3Si.C9H12O3/c1-18-25(33-7)21(17-23(26(18)34-8)35-36(9,10)28(3,4)5)16-22(29)27(32)30(6)19(2)24(31)20-14-12-11-13-15-20;2*1-11-14(18-5)12(10-17)9-13(15(11)19-6)20-21(7,8)16(2,3)4;1-10-13(17-5)11(16)9-12(14(10)18-6)19-20(7,8)15(2,3)4;1-6-8(11-2)5-4-7(10)9(6)12-3/h11-15,17,19,22,24,31H,16,29H2,1-10H3;9H,10H2,1-8H3;9,17H,10H2,1-8H3;9H,1-8H3;4-5,10H,1-3H3/t19-,22+,24+;;;;/m1..../s1. The number of carbonyl (C=O) groups excluding carboxylic acids is 1. The van der Waals surface area contributed by atoms with Crippen LogP contribution in [0.2, 0.25) is 72.5 Å². The van der Waals surface area contributed by atoms with Crippen LogP contribution in [0.5, 0.6) is 86.2 Å². The monoisotopic (exact) mass is 1730 g/mol. The number of rotatable bonds is 26. The van der Waals surface area contributed by atoms with Crippen LogP contribution >= 0.6 is 31.9 Å². The number of ether oxygens (including phenoxy) is 10. The molecule has 0 bridgehead atoms. The molecular formula is C84H136Br2N2O18Si4. The van der Waals surface area contributed by atoms with E-state index >= 15 is 0 Å². The number of amides is 1. The van der Waals surface area contributed by atoms with Crippen LogP contribution in [-0.4, -0.2) is 150 Å². The number of hydrogen-bond donors (Lipinski definition) is 4. The fourth-order valence-electron chi connectivity index (χ4n) is 10.7. The molecule has 0 spiro atoms. The first-order chi connectivity index (χ1) is 50.6. The lowest BCUT2D eigenvalue weighted by molar-refractivity contribution is -0.135. The van der Waals surface area contributed by atoms with Gasteiger partial charge in [-0.25, -0.2) is 0 Å². The predicted octanol–water partition coefficient (Wildman–Crippen LogP) is 20.9. The SMILES string of the molecule is COc1c(Br)cc(O[Si](C)(C)C(C)(C)C)c(OC)c1C.COc1c(CBr)cc(O[Si](C)(C)C(C)(C)C)c(OC)c1C.COc1c(CO)cc(O[Si](C)(C)C(C)(C)C)c(OC)c1C.COc1c(C[C@H](N)C(=O)N(C)[C@H](C)[C@H](O)c2ccccc2)cc(O[Si](C)(C)C(C)(C)C)c(OC)c1C.COc1ccc(O)c(OC)c1C. The fourth-order valence-corrected chi connectivity index (χ4v) is 15.8. The summed E-state index contributed by atoms with van der Waals surface area (Å²) in [7, 11) is 9.90. The van der Waals surface area contributed by atoms with E-state index in [2.05, 4.69) is 167 Å². The normalized spacial score (nSPS) is 12.7. The number of aliphatic hydroxyl groups is 2. The van der Waals surface area contributed by atoms with E-state index in [0.717, 1.165) is 88.8 Å². The number of phenols is 1. The van der Waals surface area contributed by atoms with Crippen molar-refractivity contribution in [1.29, 1.82) is 0 Å². The Hall–Kier alpha value is -6.50. The Morgan fingerprint density at radius 1 is 0.445 bits per heavy atom. The molecule has 20 nitrogen and oxygen atoms in total. The summed E-state index contributed by atoms with van der Waals surface area (Å²) < 4.78 is 81.0. The van der Waals surface area contributed by atoms with Crippen LogP contribution in [0.1, 0.15) is 146 Å². The van der Waals surface area contributed by atoms with Gasteiger partial charge < -0.3 is 91.0 Å². The zero-order valence-electron chi connectivity index (χ0n) is 73.5. The van der Waals surface area contributed by atoms with E-state index in [0.29, 0.717) is 51.6 Å². The molecule has 6 rings (SSSR count). The summed E-state index contributed by atoms with van der Waals surface area (Å²) in [6.45, 7) is 55.4. The third-order valence-corrected chi connectivity index (χ3v) is 40.2. The lowest BCUT2D eigenvalue weighted by atomic mass is 9.98. The molecule has 620 valence electrons. The van der Waals surface area contributed by atoms with E-state index < -0.39 is 51.5 Å². The van der Waals surface area contributed by atoms with Crippen molar-refractivity contribution in [1.82, 2.24) is 4.90 Å². The van der Waals surface area contributed by atoms with Crippen LogP contribution in [0.3, 0.4) is 0 Å². The van der Waals surface area contributed by atoms with Gasteiger partial charge in [-0.1, -0.05) is 129 Å². The molecule has 3 atom stereocenters. The maximum absolute atomic E-state index is 13.3. The Bertz CT molecular complexity index is 3870. The minimum absolute atomic E-state index is 0.00316. The summed E-state index contributed by atoms with van der Waals surface area (Å²) in [6.07, 6.45) is -0.575. The first kappa shape index (κ1) is 99.6. The molecule has 0 unspecified atom stereocenters. The summed E-state index contributed by atoms with van der Waals surface area (Å²) in [5, 5.41) is 30.7. The van der Waals surface area contributed by atoms with E-state index in [1.54, 1.807) is 83.2 Å². The summed E-state index contributed by atoms with van der Waals surface area (Å²) in [6, 6.07) is 18.9. The lowest BCUT2D eigenvalue weighted by Crippen LogP contribution is -2.48. The second-order valence-corrected chi connectivity index (χ2v) is 53.6. The average Bonchev–Trinajstić information content (AvgIpc) is 0.808. The Labute approximate surface area is 681 Å². The Morgan fingerprint density at radius 2 is 0.755 bits per heavy atom. The minimum atomic E-state index is -2.16. The molecule has 1 amide bonds. The lowest BCUT2D eigenvalue weighted by Gasteiger charge is -2.37. The number of nitrogens with zero attached hydrogens (tertiary/aromatic N) is 1. The molecule has 0 aliphatic carbocycles. The van der Waals surface area contributed by atoms with Gasteiger partial charge in [0.1, 0.15) is 51.7 Å². The quantitative estimate of drug-likeness (QED) is 0.0292. The van der Waals surface area contributed by atoms with Crippen LogP contribution in [0, 0.1) is 34.6 Å². The van der Waals surface area contributed by atoms with E-state index in [9.17, 15) is 20.1 Å². The zero-order valence-corrected chi connectivity index (χ0v) is 80.6. The van der Waals surface area contributed by atoms with Crippen molar-refractivity contribution in [3.8, 4) is 86.2 Å². The van der Waals surface area contributed by atoms with Crippen LogP contribution in [-0.2, 0) is 23.2 Å². The van der Waals surface area contributed by atoms with Crippen molar-refractivity contribution in [3.05, 3.63) is 121 Å². The molecule has 0 aliphatic heterocycles. The number of carbonyl (C=O) groups is 1. The fraction of sp³-hybridized carbons (Fsp3) is 0.560. The Kier molecular flexibility index (Phi) is 37.6. The molecule has 0 radical (unpaired) electrons. The van der Waals surface area contributed by atoms with Crippen LogP contribution in [0.25, 0.3) is 0 Å². The van der Waals surface area contributed by atoms with Gasteiger partial charge in [-0.05, 0) is 166 Å². The summed E-state index contributed by atoms with van der Waals surface area (Å²) in [4.78, 5) is 14.8. The number of nitrogens with two attached hydrogens (primary N) is 1. The Morgan fingerprint density at radius 3 is 1.07 bits per heavy atom. The van der Waals surface area contributed by atoms with Crippen molar-refractivity contribution >= 4 is 71.0 Å². The van der Waals surface area contributed by atoms with Gasteiger partial charge >= 0.3 is 0 Å². The van der Waals surface area contributed by atoms with Gasteiger partial charge in [0, 0.05) is 69.4 Å². The highest BCUT2D eigenvalue weighted by Crippen LogP contribution is 2.50. The highest BCUT2D eigenvalue weighted by atomic mass is 79.9. The maximum Gasteiger partial charge on any atom is 0.250 e. The first-order valence-corrected chi connectivity index (χ1v) is 50.4. The summed E-state index contributed by atoms with van der Waals surface area (Å²) in [5.41, 5.74) is 14.1. The number of aliphatic hydroxyl groups excluding tert-OH is 2. The number of halogens is 2. The van der Waals surface area contributed by atoms with E-state index in [-0.39, 0.29) is 44.8 Å². The molecule has 0 saturated carbocycles. The van der Waals surface area contributed by atoms with Crippen molar-refractivity contribution in [3.63, 3.8) is 0 Å². The average molecular weight is 1730 g/mol. The number of hydrogen-bond acceptors (Lipinski definition) is 19. The van der Waals surface area contributed by atoms with Crippen molar-refractivity contribution < 1.29 is 85.2 Å². The van der Waals surface area contributed by atoms with Crippen molar-refractivity contribution in [2.75, 3.05) is 78.1 Å². The summed E-state index contributed by atoms with van der Waals surface area (Å²) >= 11 is 7.05. The predicted molar refractivity (Wildman–Crippen MR) is 466 cm³/mol. The number of aromatic hydroxyl groups is 1. The summed E-state index contributed by atoms with van der Waals surface area (Å²) in [5.74, 6) is 9.69. The van der Waals surface area contributed by atoms with Gasteiger partial charge in [-0.3, -0.25) is 4.79 Å². The largest absolute Gasteiger partial charge is 0.541 e. The molecule has 6 aromatic rings. The van der Waals surface area contributed by atoms with Crippen LogP contribution in [0.15, 0.2) is 71.2 Å². The van der Waals surface area contributed by atoms with Crippen molar-refractivity contribution in [2.45, 2.75) is 234 Å². The molecule has 0 aromatic heterocycles. The molecule has 26 heteroatoms. The molecule has 5 N–H and O–H groups in total. The third-order valence-electron chi connectivity index (χ3n) is 21.6. The van der Waals surface area contributed by atoms with E-state index in [4.69, 9.17) is 70.8 Å². The second kappa shape index (κ2) is 41.5. The van der Waals surface area contributed by atoms with Gasteiger partial charge in [-0.2, -0.15) is 0 Å². The van der Waals surface area contributed by atoms with E-state index in [1.807, 2.05) is 96.1 Å². The van der Waals surface area contributed by atoms with Gasteiger partial charge in [-0.15, -0.1) is 0 Å². The molecule has 0 aliphatic rings. The van der Waals surface area contributed by atoms with E-state index in [1.165, 1.54) is 12.0 Å². The number of benzene rings is 6. The number of methoxy groups -OCH3 is 10. The zero-order chi connectivity index (χ0) is 85.1. The highest BCUT2D eigenvalue weighted by Gasteiger charge is 2.44. The number of likely N-dealkylation sites (N-methyl/N-ethyl adjacent to an activating group) is 1. The van der Waals surface area contributed by atoms with Crippen molar-refractivity contribution in [2.24, 2.45) is 5.73 Å². The van der Waals surface area contributed by atoms with Crippen LogP contribution in [0.4, 0.5) is 0 Å². The second-order valence-electron chi connectivity index (χ2n) is 33.3. The molecule has 0 fully saturated rings. The molecule has 110 heavy (non-hydrogen) atoms. The maximum atomic E-state index is 13.3. The topological polar surface area (TPSA) is 236 Å². The highest BCUT2D eigenvalue weighted by molar-refractivity contribution is 9.10. The molecule has 6 aromatic carbocycles. The minimum Gasteiger partial charge on any atom is -0.541 e. The third kappa shape index (κ3) is 25.0. The smallest absolute Gasteiger partial charge is 0.250 e. The molecular weight excluding hydrogens is 1600 g/mol. The molecule has 0 heterocycles. The van der Waals surface area contributed by atoms with Gasteiger partial charge in [0.2, 0.25) is 5.91 Å². The number of phenolic OH excluding ortho intramolecular Hbond substituents is 1.